The second-order valence-electron chi connectivity index (χ2n) is 3.07. The summed E-state index contributed by atoms with van der Waals surface area (Å²) in [5.74, 6) is -1.52. The highest BCUT2D eigenvalue weighted by Gasteiger charge is 2.20. The van der Waals surface area contributed by atoms with E-state index in [-0.39, 0.29) is 10.0 Å². The van der Waals surface area contributed by atoms with Crippen molar-refractivity contribution >= 4 is 15.9 Å². The number of halogens is 3. The first kappa shape index (κ1) is 11.6. The van der Waals surface area contributed by atoms with Gasteiger partial charge < -0.3 is 10.8 Å². The Labute approximate surface area is 88.9 Å². The molecule has 0 spiro atoms. The summed E-state index contributed by atoms with van der Waals surface area (Å²) in [6.45, 7) is 1.54. The van der Waals surface area contributed by atoms with Crippen LogP contribution in [0.5, 0.6) is 0 Å². The highest BCUT2D eigenvalue weighted by Crippen LogP contribution is 2.27. The Morgan fingerprint density at radius 3 is 2.50 bits per heavy atom. The Hall–Kier alpha value is -0.520. The summed E-state index contributed by atoms with van der Waals surface area (Å²) in [5.41, 5.74) is 5.39. The van der Waals surface area contributed by atoms with Crippen LogP contribution in [-0.4, -0.2) is 11.1 Å². The van der Waals surface area contributed by atoms with Crippen LogP contribution in [-0.2, 0) is 0 Å². The van der Waals surface area contributed by atoms with Gasteiger partial charge in [-0.2, -0.15) is 0 Å². The first-order chi connectivity index (χ1) is 6.45. The number of hydrogen-bond donors (Lipinski definition) is 2. The van der Waals surface area contributed by atoms with E-state index in [0.717, 1.165) is 6.07 Å². The predicted octanol–water partition coefficient (Wildman–Crippen LogP) is 2.11. The Morgan fingerprint density at radius 2 is 2.00 bits per heavy atom. The van der Waals surface area contributed by atoms with Gasteiger partial charge in [-0.25, -0.2) is 8.78 Å². The second kappa shape index (κ2) is 4.33. The molecular formula is C9H10BrF2NO. The van der Waals surface area contributed by atoms with Crippen molar-refractivity contribution in [2.24, 2.45) is 5.73 Å². The van der Waals surface area contributed by atoms with Crippen LogP contribution < -0.4 is 5.73 Å². The fourth-order valence-corrected chi connectivity index (χ4v) is 1.41. The third-order valence-electron chi connectivity index (χ3n) is 1.88. The highest BCUT2D eigenvalue weighted by molar-refractivity contribution is 9.10. The minimum Gasteiger partial charge on any atom is -0.387 e. The first-order valence-electron chi connectivity index (χ1n) is 4.02. The van der Waals surface area contributed by atoms with Gasteiger partial charge in [-0.15, -0.1) is 0 Å². The fraction of sp³-hybridized carbons (Fsp3) is 0.333. The summed E-state index contributed by atoms with van der Waals surface area (Å²) in [7, 11) is 0. The average molecular weight is 266 g/mol. The number of aliphatic hydroxyl groups is 1. The minimum absolute atomic E-state index is 0.00623. The number of hydrogen-bond acceptors (Lipinski definition) is 2. The van der Waals surface area contributed by atoms with E-state index in [1.54, 1.807) is 6.92 Å². The maximum absolute atomic E-state index is 13.4. The summed E-state index contributed by atoms with van der Waals surface area (Å²) in [4.78, 5) is 0. The maximum atomic E-state index is 13.4. The van der Waals surface area contributed by atoms with Crippen molar-refractivity contribution in [1.29, 1.82) is 0 Å². The van der Waals surface area contributed by atoms with Gasteiger partial charge in [-0.3, -0.25) is 0 Å². The van der Waals surface area contributed by atoms with Crippen molar-refractivity contribution in [3.05, 3.63) is 33.8 Å². The highest BCUT2D eigenvalue weighted by atomic mass is 79.9. The molecule has 0 fully saturated rings. The zero-order valence-electron chi connectivity index (χ0n) is 7.47. The molecule has 1 rings (SSSR count). The topological polar surface area (TPSA) is 46.2 Å². The van der Waals surface area contributed by atoms with E-state index in [1.807, 2.05) is 0 Å². The molecule has 2 nitrogen and oxygen atoms in total. The standard InChI is InChI=1S/C9H10BrF2NO/c1-4(13)9(14)5-2-3-6(11)7(10)8(5)12/h2-4,9,14H,13H2,1H3. The molecule has 0 saturated carbocycles. The molecule has 0 bridgehead atoms. The lowest BCUT2D eigenvalue weighted by atomic mass is 10.0. The number of aliphatic hydroxyl groups excluding tert-OH is 1. The van der Waals surface area contributed by atoms with Crippen LogP contribution in [0.3, 0.4) is 0 Å². The summed E-state index contributed by atoms with van der Waals surface area (Å²) < 4.78 is 25.9. The molecule has 1 aromatic carbocycles. The van der Waals surface area contributed by atoms with E-state index < -0.39 is 23.8 Å². The number of nitrogens with two attached hydrogens (primary N) is 1. The minimum atomic E-state index is -1.13. The zero-order chi connectivity index (χ0) is 10.9. The van der Waals surface area contributed by atoms with Crippen LogP contribution in [0.15, 0.2) is 16.6 Å². The molecule has 0 aliphatic rings. The van der Waals surface area contributed by atoms with Gasteiger partial charge in [-0.05, 0) is 28.9 Å². The van der Waals surface area contributed by atoms with E-state index in [4.69, 9.17) is 5.73 Å². The molecule has 0 radical (unpaired) electrons. The van der Waals surface area contributed by atoms with Gasteiger partial charge in [0.2, 0.25) is 0 Å². The quantitative estimate of drug-likeness (QED) is 0.805. The van der Waals surface area contributed by atoms with Crippen LogP contribution in [0, 0.1) is 11.6 Å². The van der Waals surface area contributed by atoms with Crippen molar-refractivity contribution in [2.45, 2.75) is 19.1 Å². The Kier molecular flexibility index (Phi) is 3.58. The van der Waals surface area contributed by atoms with Gasteiger partial charge in [0.05, 0.1) is 10.6 Å². The van der Waals surface area contributed by atoms with Crippen molar-refractivity contribution in [1.82, 2.24) is 0 Å². The van der Waals surface area contributed by atoms with Gasteiger partial charge in [0.25, 0.3) is 0 Å². The monoisotopic (exact) mass is 265 g/mol. The number of benzene rings is 1. The van der Waals surface area contributed by atoms with Crippen molar-refractivity contribution < 1.29 is 13.9 Å². The van der Waals surface area contributed by atoms with Gasteiger partial charge in [-0.1, -0.05) is 6.07 Å². The summed E-state index contributed by atoms with van der Waals surface area (Å²) in [6.07, 6.45) is -1.13. The van der Waals surface area contributed by atoms with Crippen molar-refractivity contribution in [3.8, 4) is 0 Å². The molecule has 0 aliphatic heterocycles. The lowest BCUT2D eigenvalue weighted by Gasteiger charge is -2.16. The first-order valence-corrected chi connectivity index (χ1v) is 4.81. The molecule has 2 atom stereocenters. The third kappa shape index (κ3) is 2.10. The molecule has 14 heavy (non-hydrogen) atoms. The largest absolute Gasteiger partial charge is 0.387 e. The second-order valence-corrected chi connectivity index (χ2v) is 3.86. The predicted molar refractivity (Wildman–Crippen MR) is 52.7 cm³/mol. The molecule has 0 amide bonds. The van der Waals surface area contributed by atoms with Gasteiger partial charge >= 0.3 is 0 Å². The van der Waals surface area contributed by atoms with E-state index in [2.05, 4.69) is 15.9 Å². The van der Waals surface area contributed by atoms with Gasteiger partial charge in [0.1, 0.15) is 11.6 Å². The smallest absolute Gasteiger partial charge is 0.146 e. The van der Waals surface area contributed by atoms with Crippen molar-refractivity contribution in [2.75, 3.05) is 0 Å². The average Bonchev–Trinajstić information content (AvgIpc) is 2.13. The summed E-state index contributed by atoms with van der Waals surface area (Å²) in [5, 5.41) is 9.49. The molecule has 5 heteroatoms. The molecule has 2 unspecified atom stereocenters. The number of rotatable bonds is 2. The van der Waals surface area contributed by atoms with Crippen LogP contribution in [0.1, 0.15) is 18.6 Å². The van der Waals surface area contributed by atoms with E-state index >= 15 is 0 Å². The third-order valence-corrected chi connectivity index (χ3v) is 2.61. The fourth-order valence-electron chi connectivity index (χ4n) is 1.05. The Morgan fingerprint density at radius 1 is 1.43 bits per heavy atom. The zero-order valence-corrected chi connectivity index (χ0v) is 9.05. The molecule has 0 saturated heterocycles. The van der Waals surface area contributed by atoms with E-state index in [9.17, 15) is 13.9 Å². The van der Waals surface area contributed by atoms with Crippen LogP contribution in [0.2, 0.25) is 0 Å². The molecule has 0 aromatic heterocycles. The lowest BCUT2D eigenvalue weighted by molar-refractivity contribution is 0.148. The van der Waals surface area contributed by atoms with E-state index in [0.29, 0.717) is 0 Å². The molecule has 78 valence electrons. The molecular weight excluding hydrogens is 256 g/mol. The molecule has 0 heterocycles. The van der Waals surface area contributed by atoms with E-state index in [1.165, 1.54) is 6.07 Å². The van der Waals surface area contributed by atoms with Gasteiger partial charge in [0.15, 0.2) is 0 Å². The lowest BCUT2D eigenvalue weighted by Crippen LogP contribution is -2.25. The van der Waals surface area contributed by atoms with Crippen LogP contribution in [0.25, 0.3) is 0 Å². The van der Waals surface area contributed by atoms with Crippen molar-refractivity contribution in [3.63, 3.8) is 0 Å². The maximum Gasteiger partial charge on any atom is 0.146 e. The molecule has 1 aromatic rings. The summed E-state index contributed by atoms with van der Waals surface area (Å²) >= 11 is 2.75. The normalized spacial score (nSPS) is 15.3. The molecule has 3 N–H and O–H groups in total. The SMILES string of the molecule is CC(N)C(O)c1ccc(F)c(Br)c1F. The molecule has 0 aliphatic carbocycles. The Bertz CT molecular complexity index is 344. The summed E-state index contributed by atoms with van der Waals surface area (Å²) in [6, 6.07) is 1.65. The van der Waals surface area contributed by atoms with Crippen LogP contribution in [0.4, 0.5) is 8.78 Å². The van der Waals surface area contributed by atoms with Gasteiger partial charge in [0, 0.05) is 11.6 Å². The van der Waals surface area contributed by atoms with Crippen LogP contribution >= 0.6 is 15.9 Å². The Balaban J connectivity index is 3.17.